The lowest BCUT2D eigenvalue weighted by Crippen LogP contribution is -2.22. The van der Waals surface area contributed by atoms with Crippen molar-refractivity contribution in [2.24, 2.45) is 0 Å². The molecule has 3 aromatic rings. The zero-order valence-electron chi connectivity index (χ0n) is 13.8. The van der Waals surface area contributed by atoms with Crippen LogP contribution in [0.5, 0.6) is 0 Å². The lowest BCUT2D eigenvalue weighted by molar-refractivity contribution is -0.384. The van der Waals surface area contributed by atoms with Crippen molar-refractivity contribution in [1.29, 1.82) is 0 Å². The van der Waals surface area contributed by atoms with Crippen molar-refractivity contribution in [2.45, 2.75) is 0 Å². The van der Waals surface area contributed by atoms with Gasteiger partial charge in [-0.15, -0.1) is 0 Å². The van der Waals surface area contributed by atoms with Crippen LogP contribution in [-0.2, 0) is 9.53 Å². The van der Waals surface area contributed by atoms with Crippen LogP contribution in [0.4, 0.5) is 11.4 Å². The first-order chi connectivity index (χ1) is 12.9. The predicted molar refractivity (Wildman–Crippen MR) is 96.6 cm³/mol. The number of para-hydroxylation sites is 1. The van der Waals surface area contributed by atoms with Crippen LogP contribution in [0.3, 0.4) is 0 Å². The van der Waals surface area contributed by atoms with E-state index in [2.05, 4.69) is 10.3 Å². The van der Waals surface area contributed by atoms with E-state index >= 15 is 0 Å². The average Bonchev–Trinajstić information content (AvgIpc) is 2.65. The molecular weight excluding hydrogens is 354 g/mol. The molecule has 0 aliphatic heterocycles. The van der Waals surface area contributed by atoms with Crippen LogP contribution in [0, 0.1) is 10.1 Å². The van der Waals surface area contributed by atoms with Crippen LogP contribution in [0.1, 0.15) is 10.4 Å². The third kappa shape index (κ3) is 4.15. The number of pyridine rings is 1. The summed E-state index contributed by atoms with van der Waals surface area (Å²) < 4.78 is 4.97. The highest BCUT2D eigenvalue weighted by Crippen LogP contribution is 2.17. The number of hydrogen-bond acceptors (Lipinski definition) is 6. The SMILES string of the molecule is O=C(COC(=O)c1cc(=O)[nH]c2ccccc12)Nc1cccc([N+](=O)[O-])c1. The van der Waals surface area contributed by atoms with E-state index in [-0.39, 0.29) is 16.9 Å². The Hall–Kier alpha value is -4.01. The summed E-state index contributed by atoms with van der Waals surface area (Å²) in [5, 5.41) is 13.6. The van der Waals surface area contributed by atoms with Gasteiger partial charge in [0, 0.05) is 34.8 Å². The molecule has 2 N–H and O–H groups in total. The van der Waals surface area contributed by atoms with Gasteiger partial charge in [-0.1, -0.05) is 24.3 Å². The number of esters is 1. The minimum absolute atomic E-state index is 0.0394. The number of rotatable bonds is 5. The van der Waals surface area contributed by atoms with Crippen LogP contribution in [-0.4, -0.2) is 28.4 Å². The minimum atomic E-state index is -0.827. The van der Waals surface area contributed by atoms with E-state index < -0.39 is 29.0 Å². The smallest absolute Gasteiger partial charge is 0.339 e. The first-order valence-corrected chi connectivity index (χ1v) is 7.77. The van der Waals surface area contributed by atoms with Crippen molar-refractivity contribution in [3.63, 3.8) is 0 Å². The first-order valence-electron chi connectivity index (χ1n) is 7.77. The fourth-order valence-electron chi connectivity index (χ4n) is 2.48. The Morgan fingerprint density at radius 2 is 1.89 bits per heavy atom. The van der Waals surface area contributed by atoms with Crippen molar-refractivity contribution >= 4 is 34.2 Å². The number of hydrogen-bond donors (Lipinski definition) is 2. The van der Waals surface area contributed by atoms with Gasteiger partial charge in [0.2, 0.25) is 5.56 Å². The summed E-state index contributed by atoms with van der Waals surface area (Å²) in [6.45, 7) is -0.608. The highest BCUT2D eigenvalue weighted by Gasteiger charge is 2.15. The number of H-pyrrole nitrogens is 1. The van der Waals surface area contributed by atoms with Crippen molar-refractivity contribution in [1.82, 2.24) is 4.98 Å². The average molecular weight is 367 g/mol. The Kier molecular flexibility index (Phi) is 4.93. The number of ether oxygens (including phenoxy) is 1. The summed E-state index contributed by atoms with van der Waals surface area (Å²) in [6.07, 6.45) is 0. The number of nitrogens with zero attached hydrogens (tertiary/aromatic N) is 1. The third-order valence-corrected chi connectivity index (χ3v) is 3.65. The standard InChI is InChI=1S/C18H13N3O6/c22-16-9-14(13-6-1-2-7-15(13)20-16)18(24)27-10-17(23)19-11-4-3-5-12(8-11)21(25)26/h1-9H,10H2,(H,19,23)(H,20,22). The number of nitro benzene ring substituents is 1. The summed E-state index contributed by atoms with van der Waals surface area (Å²) in [6, 6.07) is 13.2. The molecule has 27 heavy (non-hydrogen) atoms. The van der Waals surface area contributed by atoms with E-state index in [1.54, 1.807) is 24.3 Å². The molecule has 0 fully saturated rings. The number of fused-ring (bicyclic) bond motifs is 1. The number of non-ortho nitro benzene ring substituents is 1. The van der Waals surface area contributed by atoms with Crippen molar-refractivity contribution in [3.8, 4) is 0 Å². The number of aromatic nitrogens is 1. The first kappa shape index (κ1) is 17.8. The van der Waals surface area contributed by atoms with Gasteiger partial charge in [-0.05, 0) is 12.1 Å². The Morgan fingerprint density at radius 1 is 1.11 bits per heavy atom. The summed E-state index contributed by atoms with van der Waals surface area (Å²) >= 11 is 0. The molecule has 0 bridgehead atoms. The van der Waals surface area contributed by atoms with Crippen molar-refractivity contribution < 1.29 is 19.2 Å². The molecule has 0 spiro atoms. The third-order valence-electron chi connectivity index (χ3n) is 3.65. The van der Waals surface area contributed by atoms with Gasteiger partial charge in [0.1, 0.15) is 0 Å². The van der Waals surface area contributed by atoms with E-state index in [0.717, 1.165) is 6.07 Å². The molecule has 0 unspecified atom stereocenters. The van der Waals surface area contributed by atoms with E-state index in [9.17, 15) is 24.5 Å². The maximum atomic E-state index is 12.3. The second-order valence-electron chi connectivity index (χ2n) is 5.52. The number of carbonyl (C=O) groups is 2. The second-order valence-corrected chi connectivity index (χ2v) is 5.52. The van der Waals surface area contributed by atoms with Crippen LogP contribution >= 0.6 is 0 Å². The van der Waals surface area contributed by atoms with Crippen molar-refractivity contribution in [3.05, 3.63) is 80.6 Å². The number of nitrogens with one attached hydrogen (secondary N) is 2. The van der Waals surface area contributed by atoms with Gasteiger partial charge in [-0.25, -0.2) is 4.79 Å². The molecule has 0 atom stereocenters. The molecule has 0 aliphatic rings. The Labute approximate surface area is 151 Å². The number of amides is 1. The number of carbonyl (C=O) groups excluding carboxylic acids is 2. The molecule has 3 rings (SSSR count). The normalized spacial score (nSPS) is 10.4. The Balaban J connectivity index is 1.69. The molecule has 9 nitrogen and oxygen atoms in total. The van der Waals surface area contributed by atoms with Gasteiger partial charge < -0.3 is 15.0 Å². The molecule has 9 heteroatoms. The monoisotopic (exact) mass is 367 g/mol. The highest BCUT2D eigenvalue weighted by molar-refractivity contribution is 6.04. The summed E-state index contributed by atoms with van der Waals surface area (Å²) in [5.74, 6) is -1.50. The zero-order valence-corrected chi connectivity index (χ0v) is 13.8. The van der Waals surface area contributed by atoms with E-state index in [1.165, 1.54) is 24.3 Å². The molecule has 2 aromatic carbocycles. The fraction of sp³-hybridized carbons (Fsp3) is 0.0556. The number of anilines is 1. The molecular formula is C18H13N3O6. The fourth-order valence-corrected chi connectivity index (χ4v) is 2.48. The number of nitro groups is 1. The molecule has 0 radical (unpaired) electrons. The van der Waals surface area contributed by atoms with E-state index in [0.29, 0.717) is 10.9 Å². The van der Waals surface area contributed by atoms with Crippen LogP contribution in [0.15, 0.2) is 59.4 Å². The molecule has 0 saturated carbocycles. The lowest BCUT2D eigenvalue weighted by atomic mass is 10.1. The van der Waals surface area contributed by atoms with Gasteiger partial charge in [0.05, 0.1) is 10.5 Å². The lowest BCUT2D eigenvalue weighted by Gasteiger charge is -2.08. The van der Waals surface area contributed by atoms with Gasteiger partial charge in [0.25, 0.3) is 11.6 Å². The van der Waals surface area contributed by atoms with Crippen molar-refractivity contribution in [2.75, 3.05) is 11.9 Å². The Bertz CT molecular complexity index is 1110. The van der Waals surface area contributed by atoms with Gasteiger partial charge >= 0.3 is 5.97 Å². The van der Waals surface area contributed by atoms with Crippen LogP contribution in [0.2, 0.25) is 0 Å². The van der Waals surface area contributed by atoms with E-state index in [1.807, 2.05) is 0 Å². The maximum absolute atomic E-state index is 12.3. The largest absolute Gasteiger partial charge is 0.452 e. The summed E-state index contributed by atoms with van der Waals surface area (Å²) in [4.78, 5) is 48.6. The molecule has 1 aromatic heterocycles. The molecule has 1 heterocycles. The van der Waals surface area contributed by atoms with Crippen LogP contribution < -0.4 is 10.9 Å². The zero-order chi connectivity index (χ0) is 19.4. The minimum Gasteiger partial charge on any atom is -0.452 e. The molecule has 0 aliphatic carbocycles. The van der Waals surface area contributed by atoms with Crippen LogP contribution in [0.25, 0.3) is 10.9 Å². The van der Waals surface area contributed by atoms with E-state index in [4.69, 9.17) is 4.74 Å². The maximum Gasteiger partial charge on any atom is 0.339 e. The number of benzene rings is 2. The highest BCUT2D eigenvalue weighted by atomic mass is 16.6. The molecule has 1 amide bonds. The summed E-state index contributed by atoms with van der Waals surface area (Å²) in [5.41, 5.74) is 0.0591. The number of aromatic amines is 1. The predicted octanol–water partition coefficient (Wildman–Crippen LogP) is 2.23. The van der Waals surface area contributed by atoms with Gasteiger partial charge in [-0.3, -0.25) is 19.7 Å². The van der Waals surface area contributed by atoms with Gasteiger partial charge in [0.15, 0.2) is 6.61 Å². The molecule has 0 saturated heterocycles. The quantitative estimate of drug-likeness (QED) is 0.404. The topological polar surface area (TPSA) is 131 Å². The summed E-state index contributed by atoms with van der Waals surface area (Å²) in [7, 11) is 0. The Morgan fingerprint density at radius 3 is 2.67 bits per heavy atom. The van der Waals surface area contributed by atoms with Gasteiger partial charge in [-0.2, -0.15) is 0 Å². The second kappa shape index (κ2) is 7.48. The molecule has 136 valence electrons.